The van der Waals surface area contributed by atoms with E-state index in [9.17, 15) is 13.6 Å². The third-order valence-corrected chi connectivity index (χ3v) is 3.03. The van der Waals surface area contributed by atoms with Crippen molar-refractivity contribution in [3.63, 3.8) is 0 Å². The van der Waals surface area contributed by atoms with E-state index in [0.717, 1.165) is 12.1 Å². The lowest BCUT2D eigenvalue weighted by molar-refractivity contribution is 0.111. The summed E-state index contributed by atoms with van der Waals surface area (Å²) in [6, 6.07) is 6.22. The van der Waals surface area contributed by atoms with Crippen molar-refractivity contribution in [3.8, 4) is 5.75 Å². The highest BCUT2D eigenvalue weighted by Crippen LogP contribution is 2.32. The fraction of sp³-hybridized carbons (Fsp3) is 0.0714. The second-order valence-electron chi connectivity index (χ2n) is 3.96. The van der Waals surface area contributed by atoms with Crippen LogP contribution in [0.2, 0.25) is 10.0 Å². The van der Waals surface area contributed by atoms with E-state index in [-0.39, 0.29) is 22.9 Å². The van der Waals surface area contributed by atoms with Crippen LogP contribution in [-0.2, 0) is 6.61 Å². The second kappa shape index (κ2) is 6.20. The molecule has 0 heterocycles. The minimum absolute atomic E-state index is 0.0562. The number of rotatable bonds is 4. The minimum Gasteiger partial charge on any atom is -0.487 e. The van der Waals surface area contributed by atoms with Crippen LogP contribution < -0.4 is 4.74 Å². The molecule has 0 spiro atoms. The molecule has 6 heteroatoms. The Labute approximate surface area is 123 Å². The van der Waals surface area contributed by atoms with Gasteiger partial charge in [0.2, 0.25) is 0 Å². The van der Waals surface area contributed by atoms with Gasteiger partial charge in [0.15, 0.2) is 17.9 Å². The Morgan fingerprint density at radius 2 is 1.85 bits per heavy atom. The maximum atomic E-state index is 13.1. The van der Waals surface area contributed by atoms with Crippen molar-refractivity contribution in [1.82, 2.24) is 0 Å². The van der Waals surface area contributed by atoms with E-state index in [1.807, 2.05) is 0 Å². The van der Waals surface area contributed by atoms with Crippen LogP contribution in [0.15, 0.2) is 30.3 Å². The zero-order valence-electron chi connectivity index (χ0n) is 10.00. The summed E-state index contributed by atoms with van der Waals surface area (Å²) < 4.78 is 31.2. The Balaban J connectivity index is 2.22. The van der Waals surface area contributed by atoms with Gasteiger partial charge in [-0.05, 0) is 29.8 Å². The molecule has 0 radical (unpaired) electrons. The molecule has 2 rings (SSSR count). The van der Waals surface area contributed by atoms with Gasteiger partial charge in [0, 0.05) is 5.02 Å². The van der Waals surface area contributed by atoms with E-state index in [2.05, 4.69) is 0 Å². The Kier molecular flexibility index (Phi) is 4.57. The quantitative estimate of drug-likeness (QED) is 0.767. The number of carbonyl (C=O) groups excluding carboxylic acids is 1. The highest BCUT2D eigenvalue weighted by Gasteiger charge is 2.11. The van der Waals surface area contributed by atoms with Gasteiger partial charge in [-0.2, -0.15) is 0 Å². The minimum atomic E-state index is -0.969. The van der Waals surface area contributed by atoms with Gasteiger partial charge in [-0.3, -0.25) is 4.79 Å². The Bertz CT molecular complexity index is 660. The molecule has 0 atom stereocenters. The molecule has 0 saturated carbocycles. The number of ether oxygens (including phenoxy) is 1. The van der Waals surface area contributed by atoms with E-state index < -0.39 is 11.6 Å². The zero-order valence-corrected chi connectivity index (χ0v) is 11.5. The maximum absolute atomic E-state index is 13.1. The van der Waals surface area contributed by atoms with E-state index in [0.29, 0.717) is 16.9 Å². The zero-order chi connectivity index (χ0) is 14.7. The van der Waals surface area contributed by atoms with Gasteiger partial charge in [-0.25, -0.2) is 8.78 Å². The molecular formula is C14H8Cl2F2O2. The van der Waals surface area contributed by atoms with Crippen LogP contribution in [0, 0.1) is 11.6 Å². The van der Waals surface area contributed by atoms with Crippen LogP contribution >= 0.6 is 23.2 Å². The lowest BCUT2D eigenvalue weighted by Gasteiger charge is -2.11. The molecule has 0 saturated heterocycles. The molecule has 2 nitrogen and oxygen atoms in total. The summed E-state index contributed by atoms with van der Waals surface area (Å²) in [5.41, 5.74) is 0.594. The average molecular weight is 317 g/mol. The maximum Gasteiger partial charge on any atom is 0.159 e. The van der Waals surface area contributed by atoms with Crippen LogP contribution in [-0.4, -0.2) is 6.29 Å². The van der Waals surface area contributed by atoms with Crippen molar-refractivity contribution in [2.75, 3.05) is 0 Å². The molecule has 0 aliphatic rings. The van der Waals surface area contributed by atoms with E-state index in [4.69, 9.17) is 27.9 Å². The number of hydrogen-bond donors (Lipinski definition) is 0. The predicted octanol–water partition coefficient (Wildman–Crippen LogP) is 4.66. The van der Waals surface area contributed by atoms with Crippen molar-refractivity contribution in [2.45, 2.75) is 6.61 Å². The molecule has 0 unspecified atom stereocenters. The van der Waals surface area contributed by atoms with Crippen LogP contribution in [0.3, 0.4) is 0 Å². The molecule has 2 aromatic rings. The van der Waals surface area contributed by atoms with Crippen LogP contribution in [0.25, 0.3) is 0 Å². The summed E-state index contributed by atoms with van der Waals surface area (Å²) in [5.74, 6) is -1.76. The molecular weight excluding hydrogens is 309 g/mol. The number of benzene rings is 2. The first-order valence-electron chi connectivity index (χ1n) is 5.52. The van der Waals surface area contributed by atoms with Gasteiger partial charge in [-0.15, -0.1) is 0 Å². The summed E-state index contributed by atoms with van der Waals surface area (Å²) in [7, 11) is 0. The summed E-state index contributed by atoms with van der Waals surface area (Å²) >= 11 is 11.7. The third-order valence-electron chi connectivity index (χ3n) is 2.53. The first-order valence-corrected chi connectivity index (χ1v) is 6.28. The van der Waals surface area contributed by atoms with Gasteiger partial charge in [0.25, 0.3) is 0 Å². The lowest BCUT2D eigenvalue weighted by Crippen LogP contribution is -2.00. The second-order valence-corrected chi connectivity index (χ2v) is 4.80. The lowest BCUT2D eigenvalue weighted by atomic mass is 10.2. The molecule has 0 aromatic heterocycles. The summed E-state index contributed by atoms with van der Waals surface area (Å²) in [6.45, 7) is -0.0562. The molecule has 0 aliphatic heterocycles. The standard InChI is InChI=1S/C14H8Cl2F2O2/c15-10-4-9(6-19)14(11(16)5-10)20-7-8-1-2-12(17)13(18)3-8/h1-6H,7H2. The van der Waals surface area contributed by atoms with Crippen molar-refractivity contribution in [1.29, 1.82) is 0 Å². The third kappa shape index (κ3) is 3.26. The number of aldehydes is 1. The molecule has 0 fully saturated rings. The molecule has 20 heavy (non-hydrogen) atoms. The highest BCUT2D eigenvalue weighted by molar-refractivity contribution is 6.36. The van der Waals surface area contributed by atoms with Crippen molar-refractivity contribution >= 4 is 29.5 Å². The van der Waals surface area contributed by atoms with Gasteiger partial charge < -0.3 is 4.74 Å². The SMILES string of the molecule is O=Cc1cc(Cl)cc(Cl)c1OCc1ccc(F)c(F)c1. The molecule has 0 N–H and O–H groups in total. The first-order chi connectivity index (χ1) is 9.51. The van der Waals surface area contributed by atoms with E-state index in [1.165, 1.54) is 18.2 Å². The summed E-state index contributed by atoms with van der Waals surface area (Å²) in [5, 5.41) is 0.472. The normalized spacial score (nSPS) is 10.4. The fourth-order valence-electron chi connectivity index (χ4n) is 1.60. The Morgan fingerprint density at radius 3 is 2.50 bits per heavy atom. The van der Waals surface area contributed by atoms with Crippen LogP contribution in [0.5, 0.6) is 5.75 Å². The van der Waals surface area contributed by atoms with Gasteiger partial charge in [0.1, 0.15) is 12.4 Å². The predicted molar refractivity (Wildman–Crippen MR) is 72.5 cm³/mol. The van der Waals surface area contributed by atoms with Crippen molar-refractivity contribution in [2.24, 2.45) is 0 Å². The summed E-state index contributed by atoms with van der Waals surface area (Å²) in [6.07, 6.45) is 0.554. The largest absolute Gasteiger partial charge is 0.487 e. The smallest absolute Gasteiger partial charge is 0.159 e. The Hall–Kier alpha value is -1.65. The molecule has 0 aliphatic carbocycles. The molecule has 2 aromatic carbocycles. The van der Waals surface area contributed by atoms with E-state index >= 15 is 0 Å². The monoisotopic (exact) mass is 316 g/mol. The molecule has 104 valence electrons. The van der Waals surface area contributed by atoms with Gasteiger partial charge in [0.05, 0.1) is 10.6 Å². The van der Waals surface area contributed by atoms with Crippen LogP contribution in [0.4, 0.5) is 8.78 Å². The van der Waals surface area contributed by atoms with Crippen molar-refractivity contribution in [3.05, 3.63) is 63.1 Å². The van der Waals surface area contributed by atoms with Gasteiger partial charge in [-0.1, -0.05) is 29.3 Å². The van der Waals surface area contributed by atoms with E-state index in [1.54, 1.807) is 0 Å². The fourth-order valence-corrected chi connectivity index (χ4v) is 2.17. The topological polar surface area (TPSA) is 26.3 Å². The Morgan fingerprint density at radius 1 is 1.10 bits per heavy atom. The average Bonchev–Trinajstić information content (AvgIpc) is 2.40. The van der Waals surface area contributed by atoms with Crippen LogP contribution in [0.1, 0.15) is 15.9 Å². The number of carbonyl (C=O) groups is 1. The number of halogens is 4. The number of hydrogen-bond acceptors (Lipinski definition) is 2. The molecule has 0 amide bonds. The summed E-state index contributed by atoms with van der Waals surface area (Å²) in [4.78, 5) is 10.9. The van der Waals surface area contributed by atoms with Gasteiger partial charge >= 0.3 is 0 Å². The molecule has 0 bridgehead atoms. The first kappa shape index (κ1) is 14.8. The van der Waals surface area contributed by atoms with Crippen molar-refractivity contribution < 1.29 is 18.3 Å². The highest BCUT2D eigenvalue weighted by atomic mass is 35.5.